The highest BCUT2D eigenvalue weighted by Crippen LogP contribution is 2.21. The Kier molecular flexibility index (Phi) is 6.42. The van der Waals surface area contributed by atoms with Crippen LogP contribution >= 0.6 is 0 Å². The quantitative estimate of drug-likeness (QED) is 0.682. The smallest absolute Gasteiger partial charge is 0.387 e. The van der Waals surface area contributed by atoms with Gasteiger partial charge in [0.2, 0.25) is 10.0 Å². The number of nitrogens with one attached hydrogen (secondary N) is 1. The molecule has 1 amide bonds. The Morgan fingerprint density at radius 1 is 1.07 bits per heavy atom. The predicted molar refractivity (Wildman–Crippen MR) is 89.8 cm³/mol. The van der Waals surface area contributed by atoms with Gasteiger partial charge >= 0.3 is 12.6 Å². The predicted octanol–water partition coefficient (Wildman–Crippen LogP) is 1.73. The lowest BCUT2D eigenvalue weighted by molar-refractivity contribution is -0.119. The lowest BCUT2D eigenvalue weighted by Crippen LogP contribution is -2.21. The van der Waals surface area contributed by atoms with E-state index in [1.54, 1.807) is 0 Å². The van der Waals surface area contributed by atoms with Crippen molar-refractivity contribution >= 4 is 27.6 Å². The first-order valence-corrected chi connectivity index (χ1v) is 8.85. The topological polar surface area (TPSA) is 125 Å². The number of primary sulfonamides is 1. The zero-order chi connectivity index (χ0) is 20.0. The third-order valence-corrected chi connectivity index (χ3v) is 4.05. The van der Waals surface area contributed by atoms with E-state index in [4.69, 9.17) is 9.88 Å². The second kappa shape index (κ2) is 8.56. The van der Waals surface area contributed by atoms with Crippen molar-refractivity contribution in [2.45, 2.75) is 11.5 Å². The molecule has 2 rings (SSSR count). The van der Waals surface area contributed by atoms with Gasteiger partial charge in [0.15, 0.2) is 6.61 Å². The van der Waals surface area contributed by atoms with Gasteiger partial charge in [-0.3, -0.25) is 4.79 Å². The number of carbonyl (C=O) groups is 2. The summed E-state index contributed by atoms with van der Waals surface area (Å²) in [5.41, 5.74) is -0.0204. The maximum atomic E-state index is 12.3. The summed E-state index contributed by atoms with van der Waals surface area (Å²) < 4.78 is 56.0. The number of para-hydroxylation sites is 1. The molecule has 0 atom stereocenters. The number of alkyl halides is 2. The fourth-order valence-electron chi connectivity index (χ4n) is 1.97. The molecule has 0 fully saturated rings. The van der Waals surface area contributed by atoms with Crippen molar-refractivity contribution in [2.75, 3.05) is 11.9 Å². The van der Waals surface area contributed by atoms with E-state index in [-0.39, 0.29) is 21.9 Å². The molecule has 0 aliphatic heterocycles. The summed E-state index contributed by atoms with van der Waals surface area (Å²) in [4.78, 5) is 23.6. The van der Waals surface area contributed by atoms with Crippen LogP contribution in [0.1, 0.15) is 10.4 Å². The van der Waals surface area contributed by atoms with Gasteiger partial charge in [-0.05, 0) is 36.4 Å². The van der Waals surface area contributed by atoms with E-state index in [1.165, 1.54) is 42.5 Å². The van der Waals surface area contributed by atoms with E-state index in [0.29, 0.717) is 0 Å². The Morgan fingerprint density at radius 3 is 2.30 bits per heavy atom. The van der Waals surface area contributed by atoms with Crippen molar-refractivity contribution in [1.82, 2.24) is 0 Å². The van der Waals surface area contributed by atoms with Gasteiger partial charge in [0.05, 0.1) is 4.90 Å². The summed E-state index contributed by atoms with van der Waals surface area (Å²) in [7, 11) is -3.86. The highest BCUT2D eigenvalue weighted by molar-refractivity contribution is 7.89. The highest BCUT2D eigenvalue weighted by atomic mass is 32.2. The van der Waals surface area contributed by atoms with Gasteiger partial charge in [0.25, 0.3) is 5.91 Å². The second-order valence-electron chi connectivity index (χ2n) is 5.07. The fraction of sp³-hybridized carbons (Fsp3) is 0.125. The lowest BCUT2D eigenvalue weighted by Gasteiger charge is -2.10. The van der Waals surface area contributed by atoms with Crippen molar-refractivity contribution in [3.8, 4) is 5.75 Å². The van der Waals surface area contributed by atoms with Crippen LogP contribution in [-0.2, 0) is 19.6 Å². The standard InChI is InChI=1S/C16H14F2N2O6S/c17-16(18)26-13-4-2-1-3-12(13)15(22)25-9-14(21)20-10-5-7-11(8-6-10)27(19,23)24/h1-8,16H,9H2,(H,20,21)(H2,19,23,24). The molecular weight excluding hydrogens is 386 g/mol. The van der Waals surface area contributed by atoms with Crippen molar-refractivity contribution in [1.29, 1.82) is 0 Å². The van der Waals surface area contributed by atoms with Crippen LogP contribution in [0, 0.1) is 0 Å². The lowest BCUT2D eigenvalue weighted by atomic mass is 10.2. The number of benzene rings is 2. The molecule has 0 aromatic heterocycles. The van der Waals surface area contributed by atoms with Gasteiger partial charge in [-0.15, -0.1) is 0 Å². The number of anilines is 1. The van der Waals surface area contributed by atoms with Crippen molar-refractivity contribution < 1.29 is 36.3 Å². The van der Waals surface area contributed by atoms with Gasteiger partial charge < -0.3 is 14.8 Å². The Labute approximate surface area is 152 Å². The Morgan fingerprint density at radius 2 is 1.70 bits per heavy atom. The minimum atomic E-state index is -3.86. The number of halogens is 2. The first-order valence-electron chi connectivity index (χ1n) is 7.30. The molecule has 8 nitrogen and oxygen atoms in total. The summed E-state index contributed by atoms with van der Waals surface area (Å²) in [6.45, 7) is -3.82. The van der Waals surface area contributed by atoms with Gasteiger partial charge in [0, 0.05) is 5.69 Å². The number of ether oxygens (including phenoxy) is 2. The number of nitrogens with two attached hydrogens (primary N) is 1. The molecule has 3 N–H and O–H groups in total. The number of hydrogen-bond acceptors (Lipinski definition) is 6. The van der Waals surface area contributed by atoms with E-state index >= 15 is 0 Å². The maximum absolute atomic E-state index is 12.3. The van der Waals surface area contributed by atoms with E-state index in [2.05, 4.69) is 10.1 Å². The first-order chi connectivity index (χ1) is 12.7. The average Bonchev–Trinajstić information content (AvgIpc) is 2.59. The van der Waals surface area contributed by atoms with Crippen molar-refractivity contribution in [3.05, 3.63) is 54.1 Å². The van der Waals surface area contributed by atoms with Crippen molar-refractivity contribution in [2.24, 2.45) is 5.14 Å². The number of hydrogen-bond donors (Lipinski definition) is 2. The van der Waals surface area contributed by atoms with Gasteiger partial charge in [-0.2, -0.15) is 8.78 Å². The van der Waals surface area contributed by atoms with E-state index < -0.39 is 35.1 Å². The molecule has 0 aliphatic rings. The molecule has 144 valence electrons. The number of amides is 1. The van der Waals surface area contributed by atoms with Crippen LogP contribution < -0.4 is 15.2 Å². The van der Waals surface area contributed by atoms with E-state index in [0.717, 1.165) is 6.07 Å². The third-order valence-electron chi connectivity index (χ3n) is 3.12. The van der Waals surface area contributed by atoms with Crippen LogP contribution in [0.3, 0.4) is 0 Å². The van der Waals surface area contributed by atoms with Crippen LogP contribution in [0.2, 0.25) is 0 Å². The van der Waals surface area contributed by atoms with Crippen LogP contribution in [0.15, 0.2) is 53.4 Å². The number of esters is 1. The van der Waals surface area contributed by atoms with E-state index in [1.807, 2.05) is 0 Å². The number of rotatable bonds is 7. The Hall–Kier alpha value is -3.05. The zero-order valence-electron chi connectivity index (χ0n) is 13.6. The molecule has 0 bridgehead atoms. The molecule has 0 aliphatic carbocycles. The molecule has 2 aromatic carbocycles. The summed E-state index contributed by atoms with van der Waals surface area (Å²) >= 11 is 0. The van der Waals surface area contributed by atoms with Crippen molar-refractivity contribution in [3.63, 3.8) is 0 Å². The minimum absolute atomic E-state index is 0.137. The molecule has 27 heavy (non-hydrogen) atoms. The zero-order valence-corrected chi connectivity index (χ0v) is 14.4. The number of carbonyl (C=O) groups excluding carboxylic acids is 2. The molecule has 0 spiro atoms. The summed E-state index contributed by atoms with van der Waals surface area (Å²) in [6, 6.07) is 10.2. The molecule has 0 saturated carbocycles. The van der Waals surface area contributed by atoms with Crippen LogP contribution in [0.25, 0.3) is 0 Å². The molecule has 0 radical (unpaired) electrons. The molecule has 0 heterocycles. The Balaban J connectivity index is 1.95. The van der Waals surface area contributed by atoms with Crippen LogP contribution in [0.4, 0.5) is 14.5 Å². The molecule has 0 unspecified atom stereocenters. The van der Waals surface area contributed by atoms with E-state index in [9.17, 15) is 26.8 Å². The van der Waals surface area contributed by atoms with Crippen LogP contribution in [0.5, 0.6) is 5.75 Å². The van der Waals surface area contributed by atoms with Gasteiger partial charge in [0.1, 0.15) is 11.3 Å². The second-order valence-corrected chi connectivity index (χ2v) is 6.63. The van der Waals surface area contributed by atoms with Gasteiger partial charge in [-0.25, -0.2) is 18.4 Å². The van der Waals surface area contributed by atoms with Gasteiger partial charge in [-0.1, -0.05) is 12.1 Å². The summed E-state index contributed by atoms with van der Waals surface area (Å²) in [6.07, 6.45) is 0. The molecular formula is C16H14F2N2O6S. The highest BCUT2D eigenvalue weighted by Gasteiger charge is 2.17. The van der Waals surface area contributed by atoms with Crippen LogP contribution in [-0.4, -0.2) is 33.5 Å². The first kappa shape index (κ1) is 20.3. The SMILES string of the molecule is NS(=O)(=O)c1ccc(NC(=O)COC(=O)c2ccccc2OC(F)F)cc1. The fourth-order valence-corrected chi connectivity index (χ4v) is 2.48. The monoisotopic (exact) mass is 400 g/mol. The maximum Gasteiger partial charge on any atom is 0.387 e. The average molecular weight is 400 g/mol. The largest absolute Gasteiger partial charge is 0.452 e. The Bertz CT molecular complexity index is 932. The summed E-state index contributed by atoms with van der Waals surface area (Å²) in [5.74, 6) is -2.12. The molecule has 0 saturated heterocycles. The minimum Gasteiger partial charge on any atom is -0.452 e. The summed E-state index contributed by atoms with van der Waals surface area (Å²) in [5, 5.41) is 7.33. The normalized spacial score (nSPS) is 11.1. The number of sulfonamides is 1. The third kappa shape index (κ3) is 6.01. The molecule has 11 heteroatoms. The molecule has 2 aromatic rings.